The number of aromatic nitrogens is 1. The normalized spacial score (nSPS) is 11.6. The number of benzene rings is 10. The van der Waals surface area contributed by atoms with Crippen LogP contribution in [0.25, 0.3) is 104 Å². The fourth-order valence-corrected chi connectivity index (χ4v) is 8.73. The smallest absolute Gasteiger partial charge is 0.0547 e. The first kappa shape index (κ1) is 31.3. The molecule has 1 nitrogen and oxygen atoms in total. The van der Waals surface area contributed by atoms with E-state index in [9.17, 15) is 0 Å². The van der Waals surface area contributed by atoms with Crippen molar-refractivity contribution in [3.05, 3.63) is 212 Å². The minimum atomic E-state index is 1.16. The van der Waals surface area contributed by atoms with Crippen LogP contribution in [0.1, 0.15) is 0 Å². The lowest BCUT2D eigenvalue weighted by molar-refractivity contribution is 1.18. The van der Waals surface area contributed by atoms with E-state index in [0.717, 1.165) is 5.69 Å². The lowest BCUT2D eigenvalue weighted by Gasteiger charge is -2.15. The number of hydrogen-bond acceptors (Lipinski definition) is 0. The van der Waals surface area contributed by atoms with Crippen molar-refractivity contribution in [1.82, 2.24) is 4.57 Å². The third-order valence-electron chi connectivity index (χ3n) is 11.3. The minimum absolute atomic E-state index is 1.16. The van der Waals surface area contributed by atoms with E-state index < -0.39 is 0 Å². The SMILES string of the molecule is c1ccc(-c2cccc(-c3cc(-c4ccc5c6ccccc6c6ccccc6c5c4)cc(-c4ccc5c6ccccc6n(-c6ccccc6)c5c4)c3)c2)cc1. The summed E-state index contributed by atoms with van der Waals surface area (Å²) in [5, 5.41) is 10.2. The van der Waals surface area contributed by atoms with Crippen molar-refractivity contribution in [2.75, 3.05) is 0 Å². The molecule has 0 saturated carbocycles. The molecule has 55 heavy (non-hydrogen) atoms. The molecule has 11 aromatic rings. The maximum absolute atomic E-state index is 2.41. The summed E-state index contributed by atoms with van der Waals surface area (Å²) in [7, 11) is 0. The van der Waals surface area contributed by atoms with Crippen molar-refractivity contribution in [3.8, 4) is 50.2 Å². The summed E-state index contributed by atoms with van der Waals surface area (Å²) in [6.07, 6.45) is 0. The summed E-state index contributed by atoms with van der Waals surface area (Å²) in [5.41, 5.74) is 13.2. The van der Waals surface area contributed by atoms with Crippen molar-refractivity contribution in [1.29, 1.82) is 0 Å². The van der Waals surface area contributed by atoms with E-state index in [4.69, 9.17) is 0 Å². The van der Waals surface area contributed by atoms with Gasteiger partial charge in [0, 0.05) is 16.5 Å². The van der Waals surface area contributed by atoms with Gasteiger partial charge in [0.2, 0.25) is 0 Å². The number of para-hydroxylation sites is 2. The molecule has 0 radical (unpaired) electrons. The summed E-state index contributed by atoms with van der Waals surface area (Å²) in [6.45, 7) is 0. The third-order valence-corrected chi connectivity index (χ3v) is 11.3. The molecule has 0 N–H and O–H groups in total. The summed E-state index contributed by atoms with van der Waals surface area (Å²) in [4.78, 5) is 0. The maximum atomic E-state index is 2.41. The Kier molecular flexibility index (Phi) is 7.25. The second kappa shape index (κ2) is 12.7. The highest BCUT2D eigenvalue weighted by Gasteiger charge is 2.16. The molecule has 0 unspecified atom stereocenters. The number of nitrogens with zero attached hydrogens (tertiary/aromatic N) is 1. The molecular weight excluding hydrogens is 663 g/mol. The summed E-state index contributed by atoms with van der Waals surface area (Å²) in [5.74, 6) is 0. The molecule has 0 bridgehead atoms. The van der Waals surface area contributed by atoms with Crippen LogP contribution in [0, 0.1) is 0 Å². The molecule has 256 valence electrons. The summed E-state index contributed by atoms with van der Waals surface area (Å²) < 4.78 is 2.40. The van der Waals surface area contributed by atoms with E-state index in [1.807, 2.05) is 0 Å². The van der Waals surface area contributed by atoms with E-state index in [0.29, 0.717) is 0 Å². The minimum Gasteiger partial charge on any atom is -0.309 e. The second-order valence-corrected chi connectivity index (χ2v) is 14.5. The molecule has 11 rings (SSSR count). The zero-order valence-corrected chi connectivity index (χ0v) is 30.2. The van der Waals surface area contributed by atoms with Gasteiger partial charge in [-0.2, -0.15) is 0 Å². The van der Waals surface area contributed by atoms with E-state index in [2.05, 4.69) is 217 Å². The number of fused-ring (bicyclic) bond motifs is 9. The summed E-state index contributed by atoms with van der Waals surface area (Å²) in [6, 6.07) is 77.9. The van der Waals surface area contributed by atoms with Crippen LogP contribution in [0.3, 0.4) is 0 Å². The number of hydrogen-bond donors (Lipinski definition) is 0. The molecule has 0 fully saturated rings. The second-order valence-electron chi connectivity index (χ2n) is 14.5. The Hall–Kier alpha value is -7.22. The number of rotatable bonds is 5. The van der Waals surface area contributed by atoms with Gasteiger partial charge in [0.15, 0.2) is 0 Å². The van der Waals surface area contributed by atoms with E-state index in [1.54, 1.807) is 0 Å². The Morgan fingerprint density at radius 1 is 0.200 bits per heavy atom. The largest absolute Gasteiger partial charge is 0.309 e. The highest BCUT2D eigenvalue weighted by Crippen LogP contribution is 2.41. The molecule has 0 amide bonds. The van der Waals surface area contributed by atoms with Gasteiger partial charge in [-0.3, -0.25) is 0 Å². The van der Waals surface area contributed by atoms with Crippen molar-refractivity contribution in [2.24, 2.45) is 0 Å². The molecule has 10 aromatic carbocycles. The topological polar surface area (TPSA) is 4.93 Å². The predicted octanol–water partition coefficient (Wildman–Crippen LogP) is 14.9. The van der Waals surface area contributed by atoms with Gasteiger partial charge in [-0.25, -0.2) is 0 Å². The highest BCUT2D eigenvalue weighted by molar-refractivity contribution is 6.25. The Balaban J connectivity index is 1.15. The van der Waals surface area contributed by atoms with Crippen molar-refractivity contribution in [2.45, 2.75) is 0 Å². The van der Waals surface area contributed by atoms with Crippen LogP contribution in [0.5, 0.6) is 0 Å². The molecule has 0 aliphatic rings. The highest BCUT2D eigenvalue weighted by atomic mass is 15.0. The van der Waals surface area contributed by atoms with Gasteiger partial charge in [0.25, 0.3) is 0 Å². The van der Waals surface area contributed by atoms with E-state index >= 15 is 0 Å². The molecule has 1 heteroatoms. The predicted molar refractivity (Wildman–Crippen MR) is 235 cm³/mol. The van der Waals surface area contributed by atoms with Crippen LogP contribution >= 0.6 is 0 Å². The molecular formula is C54H35N. The first-order chi connectivity index (χ1) is 27.3. The first-order valence-electron chi connectivity index (χ1n) is 19.0. The molecule has 0 atom stereocenters. The van der Waals surface area contributed by atoms with Gasteiger partial charge in [-0.15, -0.1) is 0 Å². The van der Waals surface area contributed by atoms with Crippen LogP contribution in [0.2, 0.25) is 0 Å². The zero-order valence-electron chi connectivity index (χ0n) is 30.2. The fraction of sp³-hybridized carbons (Fsp3) is 0. The van der Waals surface area contributed by atoms with Gasteiger partial charge in [0.1, 0.15) is 0 Å². The van der Waals surface area contributed by atoms with Crippen molar-refractivity contribution >= 4 is 54.1 Å². The van der Waals surface area contributed by atoms with E-state index in [-0.39, 0.29) is 0 Å². The van der Waals surface area contributed by atoms with Crippen LogP contribution in [-0.4, -0.2) is 4.57 Å². The van der Waals surface area contributed by atoms with Crippen LogP contribution in [-0.2, 0) is 0 Å². The Labute approximate surface area is 320 Å². The average molecular weight is 698 g/mol. The lowest BCUT2D eigenvalue weighted by Crippen LogP contribution is -1.93. The van der Waals surface area contributed by atoms with Gasteiger partial charge < -0.3 is 4.57 Å². The van der Waals surface area contributed by atoms with Crippen molar-refractivity contribution in [3.63, 3.8) is 0 Å². The summed E-state index contributed by atoms with van der Waals surface area (Å²) >= 11 is 0. The fourth-order valence-electron chi connectivity index (χ4n) is 8.73. The molecule has 0 saturated heterocycles. The Bertz CT molecular complexity index is 3210. The van der Waals surface area contributed by atoms with Crippen LogP contribution in [0.15, 0.2) is 212 Å². The molecule has 0 spiro atoms. The van der Waals surface area contributed by atoms with E-state index in [1.165, 1.54) is 98.6 Å². The van der Waals surface area contributed by atoms with Gasteiger partial charge in [-0.05, 0) is 131 Å². The zero-order chi connectivity index (χ0) is 36.3. The molecule has 0 aliphatic heterocycles. The van der Waals surface area contributed by atoms with Crippen LogP contribution in [0.4, 0.5) is 0 Å². The lowest BCUT2D eigenvalue weighted by atomic mass is 9.89. The Morgan fingerprint density at radius 2 is 0.600 bits per heavy atom. The first-order valence-corrected chi connectivity index (χ1v) is 19.0. The van der Waals surface area contributed by atoms with Gasteiger partial charge in [0.05, 0.1) is 11.0 Å². The molecule has 0 aliphatic carbocycles. The van der Waals surface area contributed by atoms with Crippen molar-refractivity contribution < 1.29 is 0 Å². The molecule has 1 heterocycles. The van der Waals surface area contributed by atoms with Gasteiger partial charge >= 0.3 is 0 Å². The maximum Gasteiger partial charge on any atom is 0.0547 e. The average Bonchev–Trinajstić information content (AvgIpc) is 3.60. The van der Waals surface area contributed by atoms with Gasteiger partial charge in [-0.1, -0.05) is 158 Å². The third kappa shape index (κ3) is 5.24. The Morgan fingerprint density at radius 3 is 1.24 bits per heavy atom. The monoisotopic (exact) mass is 697 g/mol. The standard InChI is InChI=1S/C54H35N/c1-3-14-36(15-4-1)37-16-13-17-38(30-37)41-31-42(39-26-28-49-47-22-8-7-20-45(47)46-21-9-10-23-48(46)52(49)34-39)33-43(32-41)40-27-29-51-50-24-11-12-25-53(50)55(54(51)35-40)44-18-5-2-6-19-44/h1-35H. The molecule has 1 aromatic heterocycles. The quantitative estimate of drug-likeness (QED) is 0.158. The van der Waals surface area contributed by atoms with Crippen LogP contribution < -0.4 is 0 Å².